The van der Waals surface area contributed by atoms with Gasteiger partial charge in [-0.2, -0.15) is 5.10 Å². The maximum absolute atomic E-state index is 11.2. The summed E-state index contributed by atoms with van der Waals surface area (Å²) in [4.78, 5) is 20.2. The molecular weight excluding hydrogens is 663 g/mol. The topological polar surface area (TPSA) is 180 Å². The molecule has 0 atom stereocenters. The van der Waals surface area contributed by atoms with Gasteiger partial charge in [-0.05, 0) is 41.0 Å². The van der Waals surface area contributed by atoms with Crippen molar-refractivity contribution in [1.29, 1.82) is 0 Å². The van der Waals surface area contributed by atoms with Gasteiger partial charge in [-0.1, -0.05) is 103 Å². The molecule has 5 aromatic carbocycles. The van der Waals surface area contributed by atoms with E-state index in [-0.39, 0.29) is 11.5 Å². The van der Waals surface area contributed by atoms with Gasteiger partial charge < -0.3 is 31.6 Å². The van der Waals surface area contributed by atoms with Crippen molar-refractivity contribution in [3.05, 3.63) is 161 Å². The fourth-order valence-corrected chi connectivity index (χ4v) is 6.45. The number of hydrogen-bond donors (Lipinski definition) is 6. The second-order valence-corrected chi connectivity index (χ2v) is 12.7. The minimum absolute atomic E-state index is 0.107. The Hall–Kier alpha value is -6.82. The highest BCUT2D eigenvalue weighted by atomic mass is 16.3. The van der Waals surface area contributed by atoms with Crippen molar-refractivity contribution in [3.63, 3.8) is 0 Å². The number of nitrogens with one attached hydrogen (secondary N) is 2. The highest BCUT2D eigenvalue weighted by molar-refractivity contribution is 6.17. The summed E-state index contributed by atoms with van der Waals surface area (Å²) in [6.45, 7) is 1.90. The van der Waals surface area contributed by atoms with Crippen LogP contribution >= 0.6 is 0 Å². The number of imidazole rings is 2. The van der Waals surface area contributed by atoms with Crippen LogP contribution in [0.5, 0.6) is 5.75 Å². The summed E-state index contributed by atoms with van der Waals surface area (Å²) in [5, 5.41) is 26.4. The van der Waals surface area contributed by atoms with Crippen molar-refractivity contribution >= 4 is 33.4 Å². The van der Waals surface area contributed by atoms with Crippen molar-refractivity contribution in [3.8, 4) is 28.5 Å². The maximum Gasteiger partial charge on any atom is 0.173 e. The molecule has 0 unspecified atom stereocenters. The summed E-state index contributed by atoms with van der Waals surface area (Å²) < 4.78 is 1.83. The van der Waals surface area contributed by atoms with Crippen LogP contribution in [0.1, 0.15) is 28.1 Å². The van der Waals surface area contributed by atoms with E-state index < -0.39 is 0 Å². The number of aromatic amines is 2. The molecule has 0 spiro atoms. The number of aliphatic hydroxyl groups is 1. The van der Waals surface area contributed by atoms with Crippen LogP contribution in [0.3, 0.4) is 0 Å². The lowest BCUT2D eigenvalue weighted by Gasteiger charge is -2.08. The van der Waals surface area contributed by atoms with Crippen molar-refractivity contribution in [2.45, 2.75) is 19.6 Å². The van der Waals surface area contributed by atoms with Gasteiger partial charge in [0.15, 0.2) is 17.3 Å². The molecule has 0 aliphatic carbocycles. The van der Waals surface area contributed by atoms with Crippen molar-refractivity contribution in [2.75, 3.05) is 6.54 Å². The van der Waals surface area contributed by atoms with Gasteiger partial charge in [0.25, 0.3) is 0 Å². The number of aliphatic hydroxyl groups excluding tert-OH is 1. The van der Waals surface area contributed by atoms with E-state index in [1.54, 1.807) is 0 Å². The first kappa shape index (κ1) is 33.3. The summed E-state index contributed by atoms with van der Waals surface area (Å²) in [6.07, 6.45) is 0. The van der Waals surface area contributed by atoms with Gasteiger partial charge in [0.2, 0.25) is 0 Å². The molecule has 0 bridgehead atoms. The van der Waals surface area contributed by atoms with Crippen LogP contribution in [0, 0.1) is 0 Å². The van der Waals surface area contributed by atoms with Crippen molar-refractivity contribution in [2.24, 2.45) is 16.5 Å². The SMILES string of the molecule is NCc1ccc2nc(-c3nn(Cc4ccccc4)c(-c4ccccc4)c3O)[nH]c2c1.NCc1ccc2nc(C3=C(O)C(c4ccccc4)=NC3)[nH]c2c1. The molecule has 9 rings (SSSR count). The average Bonchev–Trinajstić information content (AvgIpc) is 3.99. The summed E-state index contributed by atoms with van der Waals surface area (Å²) in [7, 11) is 0. The second kappa shape index (κ2) is 14.4. The standard InChI is InChI=1S/C24H21N5O.C18H16N4O/c25-14-17-11-12-19-20(13-17)27-24(26-19)21-23(30)22(18-9-5-2-6-10-18)29(28-21)15-16-7-3-1-4-8-16;19-9-11-6-7-14-15(8-11)22-18(21-14)13-10-20-16(17(13)23)12-4-2-1-3-5-12/h1-13,30H,14-15,25H2,(H,26,27);1-8,23H,9-10,19H2,(H,21,22). The largest absolute Gasteiger partial charge is 0.505 e. The van der Waals surface area contributed by atoms with Crippen LogP contribution in [0.15, 0.2) is 138 Å². The molecule has 262 valence electrons. The number of rotatable bonds is 8. The average molecular weight is 700 g/mol. The third kappa shape index (κ3) is 6.69. The molecule has 8 N–H and O–H groups in total. The van der Waals surface area contributed by atoms with Gasteiger partial charge in [-0.3, -0.25) is 9.67 Å². The lowest BCUT2D eigenvalue weighted by molar-refractivity contribution is 0.447. The highest BCUT2D eigenvalue weighted by Gasteiger charge is 2.24. The van der Waals surface area contributed by atoms with E-state index in [2.05, 4.69) is 24.9 Å². The molecule has 0 fully saturated rings. The van der Waals surface area contributed by atoms with Gasteiger partial charge in [-0.15, -0.1) is 0 Å². The number of H-pyrrole nitrogens is 2. The van der Waals surface area contributed by atoms with Crippen molar-refractivity contribution < 1.29 is 10.2 Å². The van der Waals surface area contributed by atoms with E-state index in [1.165, 1.54) is 0 Å². The Balaban J connectivity index is 0.000000156. The van der Waals surface area contributed by atoms with E-state index in [0.29, 0.717) is 60.5 Å². The number of aromatic nitrogens is 6. The molecule has 0 radical (unpaired) electrons. The number of aromatic hydroxyl groups is 1. The zero-order chi connectivity index (χ0) is 36.3. The normalized spacial score (nSPS) is 12.7. The Morgan fingerprint density at radius 1 is 0.623 bits per heavy atom. The lowest BCUT2D eigenvalue weighted by Crippen LogP contribution is -2.04. The molecule has 11 heteroatoms. The monoisotopic (exact) mass is 699 g/mol. The summed E-state index contributed by atoms with van der Waals surface area (Å²) in [6, 6.07) is 41.2. The predicted octanol–water partition coefficient (Wildman–Crippen LogP) is 7.10. The number of nitrogens with zero attached hydrogens (tertiary/aromatic N) is 5. The molecular formula is C42H37N9O2. The second-order valence-electron chi connectivity index (χ2n) is 12.7. The molecule has 11 nitrogen and oxygen atoms in total. The van der Waals surface area contributed by atoms with Crippen LogP contribution in [0.2, 0.25) is 0 Å². The number of fused-ring (bicyclic) bond motifs is 2. The van der Waals surface area contributed by atoms with Gasteiger partial charge >= 0.3 is 0 Å². The number of nitrogens with two attached hydrogens (primary N) is 2. The minimum atomic E-state index is 0.107. The van der Waals surface area contributed by atoms with Gasteiger partial charge in [0, 0.05) is 24.2 Å². The molecule has 3 aromatic heterocycles. The van der Waals surface area contributed by atoms with E-state index in [4.69, 9.17) is 16.6 Å². The first-order chi connectivity index (χ1) is 26.0. The third-order valence-corrected chi connectivity index (χ3v) is 9.18. The number of aliphatic imine (C=N–C) groups is 1. The zero-order valence-corrected chi connectivity index (χ0v) is 28.7. The predicted molar refractivity (Wildman–Crippen MR) is 209 cm³/mol. The zero-order valence-electron chi connectivity index (χ0n) is 28.7. The Bertz CT molecular complexity index is 2600. The van der Waals surface area contributed by atoms with E-state index in [9.17, 15) is 10.2 Å². The quantitative estimate of drug-likeness (QED) is 0.0979. The number of hydrogen-bond acceptors (Lipinski definition) is 8. The highest BCUT2D eigenvalue weighted by Crippen LogP contribution is 2.38. The first-order valence-electron chi connectivity index (χ1n) is 17.3. The van der Waals surface area contributed by atoms with Crippen LogP contribution < -0.4 is 11.5 Å². The molecule has 1 aliphatic rings. The lowest BCUT2D eigenvalue weighted by atomic mass is 10.1. The van der Waals surface area contributed by atoms with E-state index in [0.717, 1.165) is 49.9 Å². The number of benzene rings is 5. The van der Waals surface area contributed by atoms with Gasteiger partial charge in [0.05, 0.1) is 40.7 Å². The van der Waals surface area contributed by atoms with Crippen molar-refractivity contribution in [1.82, 2.24) is 29.7 Å². The Morgan fingerprint density at radius 3 is 1.77 bits per heavy atom. The van der Waals surface area contributed by atoms with Gasteiger partial charge in [-0.25, -0.2) is 9.97 Å². The molecule has 0 saturated heterocycles. The summed E-state index contributed by atoms with van der Waals surface area (Å²) >= 11 is 0. The fourth-order valence-electron chi connectivity index (χ4n) is 6.45. The van der Waals surface area contributed by atoms with Crippen LogP contribution in [-0.4, -0.2) is 52.2 Å². The Labute approximate surface area is 305 Å². The molecule has 0 saturated carbocycles. The van der Waals surface area contributed by atoms with Crippen LogP contribution in [0.4, 0.5) is 0 Å². The molecule has 0 amide bonds. The Morgan fingerprint density at radius 2 is 1.17 bits per heavy atom. The van der Waals surface area contributed by atoms with Gasteiger partial charge in [0.1, 0.15) is 23.0 Å². The van der Waals surface area contributed by atoms with Crippen LogP contribution in [-0.2, 0) is 19.6 Å². The van der Waals surface area contributed by atoms with E-state index >= 15 is 0 Å². The first-order valence-corrected chi connectivity index (χ1v) is 17.3. The third-order valence-electron chi connectivity index (χ3n) is 9.18. The molecule has 53 heavy (non-hydrogen) atoms. The summed E-state index contributed by atoms with van der Waals surface area (Å²) in [5.41, 5.74) is 22.2. The maximum atomic E-state index is 11.2. The Kier molecular flexibility index (Phi) is 9.07. The smallest absolute Gasteiger partial charge is 0.173 e. The molecule has 4 heterocycles. The molecule has 1 aliphatic heterocycles. The molecule has 8 aromatic rings. The van der Waals surface area contributed by atoms with E-state index in [1.807, 2.05) is 132 Å². The van der Waals surface area contributed by atoms with Crippen LogP contribution in [0.25, 0.3) is 50.4 Å². The minimum Gasteiger partial charge on any atom is -0.505 e. The fraction of sp³-hybridized carbons (Fsp3) is 0.0952. The number of allylic oxidation sites excluding steroid dienone is 1. The summed E-state index contributed by atoms with van der Waals surface area (Å²) in [5.74, 6) is 1.48.